The topological polar surface area (TPSA) is 97.3 Å². The number of hydrogen-bond donors (Lipinski definition) is 1. The van der Waals surface area contributed by atoms with Gasteiger partial charge in [0.2, 0.25) is 11.9 Å². The molecule has 1 atom stereocenters. The van der Waals surface area contributed by atoms with Gasteiger partial charge in [-0.2, -0.15) is 0 Å². The standard InChI is InChI=1S/C17H21N5O3S/c1-3-25-15(24)13-11(2)20-17(26-13)21-14(23)12-6-4-9-22(10-12)16-18-7-5-8-19-16/h5,7-8,12H,3-4,6,9-10H2,1-2H3,(H,20,21,23). The number of piperidine rings is 1. The van der Waals surface area contributed by atoms with E-state index in [1.54, 1.807) is 32.3 Å². The van der Waals surface area contributed by atoms with Gasteiger partial charge in [0.25, 0.3) is 0 Å². The number of nitrogens with zero attached hydrogens (tertiary/aromatic N) is 4. The zero-order chi connectivity index (χ0) is 18.5. The van der Waals surface area contributed by atoms with Crippen LogP contribution in [0.4, 0.5) is 11.1 Å². The van der Waals surface area contributed by atoms with Crippen molar-refractivity contribution in [2.75, 3.05) is 29.9 Å². The number of hydrogen-bond acceptors (Lipinski definition) is 8. The molecule has 3 rings (SSSR count). The lowest BCUT2D eigenvalue weighted by Gasteiger charge is -2.31. The molecule has 0 spiro atoms. The zero-order valence-corrected chi connectivity index (χ0v) is 15.6. The summed E-state index contributed by atoms with van der Waals surface area (Å²) >= 11 is 1.14. The van der Waals surface area contributed by atoms with Gasteiger partial charge in [0, 0.05) is 25.5 Å². The number of carbonyl (C=O) groups excluding carboxylic acids is 2. The van der Waals surface area contributed by atoms with Crippen molar-refractivity contribution in [1.82, 2.24) is 15.0 Å². The maximum Gasteiger partial charge on any atom is 0.350 e. The van der Waals surface area contributed by atoms with Crippen molar-refractivity contribution in [1.29, 1.82) is 0 Å². The van der Waals surface area contributed by atoms with Gasteiger partial charge < -0.3 is 15.0 Å². The number of aromatic nitrogens is 3. The van der Waals surface area contributed by atoms with Gasteiger partial charge >= 0.3 is 5.97 Å². The van der Waals surface area contributed by atoms with Crippen LogP contribution in [0.5, 0.6) is 0 Å². The average molecular weight is 375 g/mol. The zero-order valence-electron chi connectivity index (χ0n) is 14.8. The van der Waals surface area contributed by atoms with Crippen molar-refractivity contribution in [2.45, 2.75) is 26.7 Å². The monoisotopic (exact) mass is 375 g/mol. The molecule has 8 nitrogen and oxygen atoms in total. The molecular formula is C17H21N5O3S. The van der Waals surface area contributed by atoms with Crippen LogP contribution in [0.1, 0.15) is 35.1 Å². The van der Waals surface area contributed by atoms with Crippen LogP contribution < -0.4 is 10.2 Å². The van der Waals surface area contributed by atoms with Gasteiger partial charge in [-0.3, -0.25) is 4.79 Å². The van der Waals surface area contributed by atoms with Crippen molar-refractivity contribution in [2.24, 2.45) is 5.92 Å². The number of thiazole rings is 1. The highest BCUT2D eigenvalue weighted by molar-refractivity contribution is 7.17. The second kappa shape index (κ2) is 8.22. The van der Waals surface area contributed by atoms with Gasteiger partial charge in [0.15, 0.2) is 5.13 Å². The number of aryl methyl sites for hydroxylation is 1. The minimum absolute atomic E-state index is 0.102. The molecule has 0 aliphatic carbocycles. The van der Waals surface area contributed by atoms with Crippen LogP contribution in [0, 0.1) is 12.8 Å². The summed E-state index contributed by atoms with van der Waals surface area (Å²) in [6.07, 6.45) is 5.08. The Balaban J connectivity index is 1.64. The lowest BCUT2D eigenvalue weighted by Crippen LogP contribution is -2.41. The summed E-state index contributed by atoms with van der Waals surface area (Å²) in [6, 6.07) is 1.77. The van der Waals surface area contributed by atoms with E-state index in [-0.39, 0.29) is 11.8 Å². The predicted octanol–water partition coefficient (Wildman–Crippen LogP) is 2.27. The van der Waals surface area contributed by atoms with E-state index >= 15 is 0 Å². The molecule has 138 valence electrons. The summed E-state index contributed by atoms with van der Waals surface area (Å²) in [5.74, 6) is -0.0506. The Labute approximate surface area is 155 Å². The third-order valence-corrected chi connectivity index (χ3v) is 5.17. The van der Waals surface area contributed by atoms with Crippen LogP contribution >= 0.6 is 11.3 Å². The first-order chi connectivity index (χ1) is 12.6. The molecule has 1 unspecified atom stereocenters. The number of nitrogens with one attached hydrogen (secondary N) is 1. The molecule has 1 aliphatic heterocycles. The molecule has 2 aromatic heterocycles. The fraction of sp³-hybridized carbons (Fsp3) is 0.471. The number of amides is 1. The van der Waals surface area contributed by atoms with Crippen molar-refractivity contribution in [3.63, 3.8) is 0 Å². The fourth-order valence-corrected chi connectivity index (χ4v) is 3.73. The van der Waals surface area contributed by atoms with Gasteiger partial charge in [0.05, 0.1) is 18.2 Å². The molecule has 0 bridgehead atoms. The Morgan fingerprint density at radius 1 is 1.38 bits per heavy atom. The Hall–Kier alpha value is -2.55. The lowest BCUT2D eigenvalue weighted by molar-refractivity contribution is -0.120. The molecule has 1 aliphatic rings. The minimum atomic E-state index is -0.409. The smallest absolute Gasteiger partial charge is 0.350 e. The molecule has 0 radical (unpaired) electrons. The molecule has 0 aromatic carbocycles. The van der Waals surface area contributed by atoms with E-state index in [1.165, 1.54) is 0 Å². The Bertz CT molecular complexity index is 780. The Kier molecular flexibility index (Phi) is 5.77. The highest BCUT2D eigenvalue weighted by atomic mass is 32.1. The van der Waals surface area contributed by atoms with Crippen molar-refractivity contribution in [3.8, 4) is 0 Å². The van der Waals surface area contributed by atoms with Gasteiger partial charge in [0.1, 0.15) is 4.88 Å². The Morgan fingerprint density at radius 2 is 2.15 bits per heavy atom. The van der Waals surface area contributed by atoms with E-state index in [9.17, 15) is 9.59 Å². The summed E-state index contributed by atoms with van der Waals surface area (Å²) in [7, 11) is 0. The maximum absolute atomic E-state index is 12.6. The second-order valence-corrected chi connectivity index (χ2v) is 6.98. The number of ether oxygens (including phenoxy) is 1. The molecule has 1 fully saturated rings. The largest absolute Gasteiger partial charge is 0.462 e. The van der Waals surface area contributed by atoms with Gasteiger partial charge in [-0.15, -0.1) is 0 Å². The number of esters is 1. The molecule has 0 saturated carbocycles. The normalized spacial score (nSPS) is 17.0. The summed E-state index contributed by atoms with van der Waals surface area (Å²) in [4.78, 5) is 39.7. The summed E-state index contributed by atoms with van der Waals surface area (Å²) in [5, 5.41) is 3.26. The van der Waals surface area contributed by atoms with E-state index in [1.807, 2.05) is 4.90 Å². The van der Waals surface area contributed by atoms with E-state index in [0.717, 1.165) is 30.7 Å². The molecule has 1 N–H and O–H groups in total. The SMILES string of the molecule is CCOC(=O)c1sc(NC(=O)C2CCCN(c3ncccn3)C2)nc1C. The van der Waals surface area contributed by atoms with Crippen LogP contribution in [-0.4, -0.2) is 46.5 Å². The van der Waals surface area contributed by atoms with Crippen LogP contribution in [-0.2, 0) is 9.53 Å². The summed E-state index contributed by atoms with van der Waals surface area (Å²) in [6.45, 7) is 5.18. The van der Waals surface area contributed by atoms with Gasteiger partial charge in [-0.25, -0.2) is 19.7 Å². The quantitative estimate of drug-likeness (QED) is 0.801. The molecule has 2 aromatic rings. The summed E-state index contributed by atoms with van der Waals surface area (Å²) < 4.78 is 5.00. The first kappa shape index (κ1) is 18.2. The number of anilines is 2. The first-order valence-electron chi connectivity index (χ1n) is 8.56. The lowest BCUT2D eigenvalue weighted by atomic mass is 9.97. The predicted molar refractivity (Wildman–Crippen MR) is 98.4 cm³/mol. The first-order valence-corrected chi connectivity index (χ1v) is 9.37. The maximum atomic E-state index is 12.6. The van der Waals surface area contributed by atoms with E-state index in [0.29, 0.717) is 34.8 Å². The molecular weight excluding hydrogens is 354 g/mol. The van der Waals surface area contributed by atoms with Crippen LogP contribution in [0.25, 0.3) is 0 Å². The van der Waals surface area contributed by atoms with E-state index < -0.39 is 5.97 Å². The highest BCUT2D eigenvalue weighted by Crippen LogP contribution is 2.26. The van der Waals surface area contributed by atoms with Crippen LogP contribution in [0.2, 0.25) is 0 Å². The minimum Gasteiger partial charge on any atom is -0.462 e. The molecule has 3 heterocycles. The highest BCUT2D eigenvalue weighted by Gasteiger charge is 2.28. The van der Waals surface area contributed by atoms with Crippen molar-refractivity contribution >= 4 is 34.3 Å². The number of carbonyl (C=O) groups is 2. The molecule has 9 heteroatoms. The van der Waals surface area contributed by atoms with Crippen molar-refractivity contribution in [3.05, 3.63) is 29.0 Å². The second-order valence-electron chi connectivity index (χ2n) is 5.98. The Morgan fingerprint density at radius 3 is 2.88 bits per heavy atom. The van der Waals surface area contributed by atoms with Gasteiger partial charge in [-0.1, -0.05) is 11.3 Å². The summed E-state index contributed by atoms with van der Waals surface area (Å²) in [5.41, 5.74) is 0.562. The molecule has 26 heavy (non-hydrogen) atoms. The van der Waals surface area contributed by atoms with E-state index in [2.05, 4.69) is 20.3 Å². The third-order valence-electron chi connectivity index (χ3n) is 4.11. The van der Waals surface area contributed by atoms with Crippen LogP contribution in [0.3, 0.4) is 0 Å². The van der Waals surface area contributed by atoms with Crippen molar-refractivity contribution < 1.29 is 14.3 Å². The molecule has 1 amide bonds. The third kappa shape index (κ3) is 4.16. The fourth-order valence-electron chi connectivity index (χ4n) is 2.87. The van der Waals surface area contributed by atoms with Gasteiger partial charge in [-0.05, 0) is 32.8 Å². The number of rotatable bonds is 5. The van der Waals surface area contributed by atoms with Crippen LogP contribution in [0.15, 0.2) is 18.5 Å². The van der Waals surface area contributed by atoms with E-state index in [4.69, 9.17) is 4.74 Å². The molecule has 1 saturated heterocycles. The average Bonchev–Trinajstić information content (AvgIpc) is 3.03.